The number of carbonyl (C=O) groups excluding carboxylic acids is 4. The van der Waals surface area contributed by atoms with Crippen LogP contribution in [0, 0.1) is 5.92 Å². The minimum Gasteiger partial charge on any atom is -0.468 e. The summed E-state index contributed by atoms with van der Waals surface area (Å²) in [5, 5.41) is 0. The standard InChI is InChI=1S/C29H45NO8/c1-7-9-11-25(31)37-23-15-14-22(17-24(23)38-26(32)12-10-8-2)19-29(30,28(34)35-6)18-21(5)36-27(33)16-13-20(3)4/h14-15,17,20-21H,7-13,16,18-19,30H2,1-6H3/t21?,29-/m1/s1. The lowest BCUT2D eigenvalue weighted by atomic mass is 9.86. The van der Waals surface area contributed by atoms with Gasteiger partial charge in [-0.2, -0.15) is 0 Å². The summed E-state index contributed by atoms with van der Waals surface area (Å²) >= 11 is 0. The van der Waals surface area contributed by atoms with E-state index < -0.39 is 29.6 Å². The third-order valence-electron chi connectivity index (χ3n) is 5.95. The van der Waals surface area contributed by atoms with E-state index in [2.05, 4.69) is 0 Å². The van der Waals surface area contributed by atoms with E-state index >= 15 is 0 Å². The van der Waals surface area contributed by atoms with Crippen LogP contribution in [0.4, 0.5) is 0 Å². The molecule has 2 N–H and O–H groups in total. The maximum atomic E-state index is 12.7. The number of benzene rings is 1. The minimum absolute atomic E-state index is 0.0110. The first-order valence-corrected chi connectivity index (χ1v) is 13.5. The van der Waals surface area contributed by atoms with Crippen LogP contribution in [0.15, 0.2) is 18.2 Å². The largest absolute Gasteiger partial charge is 0.468 e. The molecular formula is C29H45NO8. The van der Waals surface area contributed by atoms with Gasteiger partial charge in [0.15, 0.2) is 11.5 Å². The molecule has 0 aromatic heterocycles. The molecule has 0 aliphatic carbocycles. The predicted molar refractivity (Wildman–Crippen MR) is 144 cm³/mol. The zero-order valence-electron chi connectivity index (χ0n) is 23.8. The molecule has 9 heteroatoms. The summed E-state index contributed by atoms with van der Waals surface area (Å²) in [7, 11) is 1.24. The van der Waals surface area contributed by atoms with Gasteiger partial charge in [0.1, 0.15) is 11.6 Å². The summed E-state index contributed by atoms with van der Waals surface area (Å²) in [6, 6.07) is 4.71. The molecule has 1 aromatic rings. The molecule has 0 aliphatic rings. The van der Waals surface area contributed by atoms with Crippen molar-refractivity contribution in [2.75, 3.05) is 7.11 Å². The molecule has 0 spiro atoms. The molecule has 0 fully saturated rings. The Balaban J connectivity index is 3.15. The van der Waals surface area contributed by atoms with Gasteiger partial charge < -0.3 is 24.7 Å². The molecule has 214 valence electrons. The Labute approximate surface area is 226 Å². The highest BCUT2D eigenvalue weighted by molar-refractivity contribution is 5.81. The van der Waals surface area contributed by atoms with Gasteiger partial charge in [-0.3, -0.25) is 19.2 Å². The van der Waals surface area contributed by atoms with Crippen LogP contribution >= 0.6 is 0 Å². The van der Waals surface area contributed by atoms with Crippen LogP contribution in [-0.2, 0) is 35.1 Å². The molecule has 0 aliphatic heterocycles. The van der Waals surface area contributed by atoms with Crippen molar-refractivity contribution < 1.29 is 38.1 Å². The predicted octanol–water partition coefficient (Wildman–Crippen LogP) is 5.05. The highest BCUT2D eigenvalue weighted by Crippen LogP contribution is 2.32. The average molecular weight is 536 g/mol. The minimum atomic E-state index is -1.52. The van der Waals surface area contributed by atoms with Crippen molar-refractivity contribution >= 4 is 23.9 Å². The van der Waals surface area contributed by atoms with Gasteiger partial charge in [0.05, 0.1) is 7.11 Å². The maximum Gasteiger partial charge on any atom is 0.326 e. The monoisotopic (exact) mass is 535 g/mol. The zero-order valence-corrected chi connectivity index (χ0v) is 23.8. The molecule has 38 heavy (non-hydrogen) atoms. The second-order valence-corrected chi connectivity index (χ2v) is 10.2. The van der Waals surface area contributed by atoms with Crippen LogP contribution in [0.2, 0.25) is 0 Å². The normalized spacial score (nSPS) is 13.4. The number of carbonyl (C=O) groups is 4. The fourth-order valence-corrected chi connectivity index (χ4v) is 3.86. The van der Waals surface area contributed by atoms with E-state index in [0.717, 1.165) is 12.8 Å². The number of hydrogen-bond donors (Lipinski definition) is 1. The van der Waals surface area contributed by atoms with Crippen molar-refractivity contribution in [1.29, 1.82) is 0 Å². The molecule has 0 bridgehead atoms. The van der Waals surface area contributed by atoms with Crippen LogP contribution < -0.4 is 15.2 Å². The summed E-state index contributed by atoms with van der Waals surface area (Å²) in [6.45, 7) is 9.65. The van der Waals surface area contributed by atoms with E-state index in [1.807, 2.05) is 27.7 Å². The Morgan fingerprint density at radius 2 is 1.45 bits per heavy atom. The third kappa shape index (κ3) is 12.1. The molecule has 1 unspecified atom stereocenters. The Morgan fingerprint density at radius 3 is 1.97 bits per heavy atom. The molecular weight excluding hydrogens is 490 g/mol. The van der Waals surface area contributed by atoms with Crippen LogP contribution in [0.25, 0.3) is 0 Å². The van der Waals surface area contributed by atoms with E-state index in [4.69, 9.17) is 24.7 Å². The first-order chi connectivity index (χ1) is 17.9. The Morgan fingerprint density at radius 1 is 0.868 bits per heavy atom. The lowest BCUT2D eigenvalue weighted by molar-refractivity contribution is -0.155. The van der Waals surface area contributed by atoms with Gasteiger partial charge in [0, 0.05) is 32.1 Å². The van der Waals surface area contributed by atoms with Gasteiger partial charge in [0.2, 0.25) is 0 Å². The molecule has 0 heterocycles. The Hall–Kier alpha value is -2.94. The second-order valence-electron chi connectivity index (χ2n) is 10.2. The quantitative estimate of drug-likeness (QED) is 0.215. The van der Waals surface area contributed by atoms with Crippen molar-refractivity contribution in [3.63, 3.8) is 0 Å². The molecule has 1 aromatic carbocycles. The van der Waals surface area contributed by atoms with E-state index in [1.165, 1.54) is 19.2 Å². The summed E-state index contributed by atoms with van der Waals surface area (Å²) in [6.07, 6.45) is 3.83. The number of hydrogen-bond acceptors (Lipinski definition) is 9. The summed E-state index contributed by atoms with van der Waals surface area (Å²) in [5.41, 5.74) is 5.55. The molecule has 2 atom stereocenters. The van der Waals surface area contributed by atoms with Crippen molar-refractivity contribution in [3.8, 4) is 11.5 Å². The number of rotatable bonds is 17. The van der Waals surface area contributed by atoms with Gasteiger partial charge in [-0.05, 0) is 49.8 Å². The van der Waals surface area contributed by atoms with E-state index in [1.54, 1.807) is 13.0 Å². The van der Waals surface area contributed by atoms with E-state index in [0.29, 0.717) is 30.7 Å². The number of nitrogens with two attached hydrogens (primary N) is 1. The lowest BCUT2D eigenvalue weighted by Crippen LogP contribution is -2.53. The third-order valence-corrected chi connectivity index (χ3v) is 5.95. The highest BCUT2D eigenvalue weighted by atomic mass is 16.6. The zero-order chi connectivity index (χ0) is 28.7. The van der Waals surface area contributed by atoms with Gasteiger partial charge in [-0.25, -0.2) is 0 Å². The van der Waals surface area contributed by atoms with Crippen molar-refractivity contribution in [3.05, 3.63) is 23.8 Å². The fourth-order valence-electron chi connectivity index (χ4n) is 3.86. The highest BCUT2D eigenvalue weighted by Gasteiger charge is 2.38. The second kappa shape index (κ2) is 16.8. The van der Waals surface area contributed by atoms with Crippen LogP contribution in [0.3, 0.4) is 0 Å². The summed E-state index contributed by atoms with van der Waals surface area (Å²) < 4.78 is 21.4. The summed E-state index contributed by atoms with van der Waals surface area (Å²) in [5.74, 6) is -1.35. The summed E-state index contributed by atoms with van der Waals surface area (Å²) in [4.78, 5) is 49.5. The SMILES string of the molecule is CCCCC(=O)Oc1ccc(C[C@](N)(CC(C)OC(=O)CCC(C)C)C(=O)OC)cc1OC(=O)CCCC. The van der Waals surface area contributed by atoms with Gasteiger partial charge in [-0.15, -0.1) is 0 Å². The van der Waals surface area contributed by atoms with Crippen LogP contribution in [0.1, 0.15) is 98.0 Å². The number of ether oxygens (including phenoxy) is 4. The molecule has 0 radical (unpaired) electrons. The average Bonchev–Trinajstić information content (AvgIpc) is 2.85. The van der Waals surface area contributed by atoms with Crippen molar-refractivity contribution in [2.24, 2.45) is 11.7 Å². The molecule has 0 amide bonds. The van der Waals surface area contributed by atoms with Gasteiger partial charge in [0.25, 0.3) is 0 Å². The topological polar surface area (TPSA) is 131 Å². The molecule has 1 rings (SSSR count). The molecule has 9 nitrogen and oxygen atoms in total. The first kappa shape index (κ1) is 33.1. The Bertz CT molecular complexity index is 929. The van der Waals surface area contributed by atoms with Crippen molar-refractivity contribution in [1.82, 2.24) is 0 Å². The number of esters is 4. The number of methoxy groups -OCH3 is 1. The number of unbranched alkanes of at least 4 members (excludes halogenated alkanes) is 2. The smallest absolute Gasteiger partial charge is 0.326 e. The molecule has 0 saturated heterocycles. The Kier molecular flexibility index (Phi) is 14.6. The lowest BCUT2D eigenvalue weighted by Gasteiger charge is -2.29. The first-order valence-electron chi connectivity index (χ1n) is 13.5. The van der Waals surface area contributed by atoms with Gasteiger partial charge in [-0.1, -0.05) is 46.6 Å². The van der Waals surface area contributed by atoms with E-state index in [9.17, 15) is 19.2 Å². The van der Waals surface area contributed by atoms with E-state index in [-0.39, 0.29) is 49.6 Å². The van der Waals surface area contributed by atoms with Crippen LogP contribution in [0.5, 0.6) is 11.5 Å². The van der Waals surface area contributed by atoms with Crippen LogP contribution in [-0.4, -0.2) is 42.6 Å². The fraction of sp³-hybridized carbons (Fsp3) is 0.655. The van der Waals surface area contributed by atoms with Gasteiger partial charge >= 0.3 is 23.9 Å². The van der Waals surface area contributed by atoms with Crippen molar-refractivity contribution in [2.45, 2.75) is 110 Å². The molecule has 0 saturated carbocycles. The maximum absolute atomic E-state index is 12.7.